The van der Waals surface area contributed by atoms with Crippen LogP contribution < -0.4 is 15.2 Å². The van der Waals surface area contributed by atoms with E-state index in [0.717, 1.165) is 28.0 Å². The van der Waals surface area contributed by atoms with E-state index in [-0.39, 0.29) is 18.3 Å². The summed E-state index contributed by atoms with van der Waals surface area (Å²) in [7, 11) is 1.61. The zero-order valence-corrected chi connectivity index (χ0v) is 19.5. The molecule has 0 saturated heterocycles. The van der Waals surface area contributed by atoms with Crippen LogP contribution in [0.2, 0.25) is 0 Å². The van der Waals surface area contributed by atoms with E-state index in [9.17, 15) is 9.18 Å². The van der Waals surface area contributed by atoms with E-state index >= 15 is 0 Å². The lowest BCUT2D eigenvalue weighted by Gasteiger charge is -2.16. The van der Waals surface area contributed by atoms with Gasteiger partial charge in [0.2, 0.25) is 5.91 Å². The number of H-pyrrole nitrogens is 1. The first kappa shape index (κ1) is 23.5. The monoisotopic (exact) mass is 481 g/mol. The Morgan fingerprint density at radius 2 is 1.94 bits per heavy atom. The number of hydrogen-bond acceptors (Lipinski definition) is 6. The highest BCUT2D eigenvalue weighted by molar-refractivity contribution is 7.13. The van der Waals surface area contributed by atoms with Crippen molar-refractivity contribution in [3.63, 3.8) is 0 Å². The molecule has 0 aliphatic rings. The number of benzene rings is 2. The van der Waals surface area contributed by atoms with Gasteiger partial charge < -0.3 is 24.9 Å². The van der Waals surface area contributed by atoms with Crippen molar-refractivity contribution in [1.29, 1.82) is 0 Å². The van der Waals surface area contributed by atoms with Gasteiger partial charge in [-0.15, -0.1) is 11.3 Å². The fraction of sp³-hybridized carbons (Fsp3) is 0.200. The number of nitrogens with one attached hydrogen (secondary N) is 1. The van der Waals surface area contributed by atoms with Crippen molar-refractivity contribution >= 4 is 17.2 Å². The van der Waals surface area contributed by atoms with E-state index in [1.807, 2.05) is 36.6 Å². The average Bonchev–Trinajstić information content (AvgIpc) is 3.50. The first-order chi connectivity index (χ1) is 16.4. The minimum Gasteiger partial charge on any atom is -0.489 e. The fourth-order valence-electron chi connectivity index (χ4n) is 3.40. The standard InChI is InChI=1S/C25H24FN3O4S/c1-15(13-31-2)33-20-10-18(22-5-6-23(29-22)25-28-7-8-34-25)9-19(12-20)32-14-17-4-3-16(24(27)30)11-21(17)26/h3-12,15,29H,13-14H2,1-2H3,(H2,27,30)/t15-/m0/s1. The summed E-state index contributed by atoms with van der Waals surface area (Å²) in [5, 5.41) is 2.81. The number of aromatic nitrogens is 2. The van der Waals surface area contributed by atoms with Crippen LogP contribution in [0.1, 0.15) is 22.8 Å². The molecule has 7 nitrogen and oxygen atoms in total. The Kier molecular flexibility index (Phi) is 7.24. The molecule has 0 radical (unpaired) electrons. The molecule has 0 spiro atoms. The molecule has 0 aliphatic heterocycles. The van der Waals surface area contributed by atoms with Crippen LogP contribution >= 0.6 is 11.3 Å². The molecule has 0 saturated carbocycles. The Morgan fingerprint density at radius 3 is 2.65 bits per heavy atom. The van der Waals surface area contributed by atoms with Crippen LogP contribution in [0.4, 0.5) is 4.39 Å². The predicted octanol–water partition coefficient (Wildman–Crippen LogP) is 5.04. The van der Waals surface area contributed by atoms with Crippen LogP contribution in [0.5, 0.6) is 11.5 Å². The van der Waals surface area contributed by atoms with Gasteiger partial charge in [0.15, 0.2) is 0 Å². The van der Waals surface area contributed by atoms with E-state index in [0.29, 0.717) is 23.7 Å². The van der Waals surface area contributed by atoms with Gasteiger partial charge in [-0.25, -0.2) is 9.37 Å². The van der Waals surface area contributed by atoms with Crippen LogP contribution in [-0.4, -0.2) is 35.7 Å². The number of nitrogens with two attached hydrogens (primary N) is 1. The Bertz CT molecular complexity index is 1270. The zero-order chi connectivity index (χ0) is 24.1. The van der Waals surface area contributed by atoms with Gasteiger partial charge in [0.25, 0.3) is 0 Å². The van der Waals surface area contributed by atoms with Crippen molar-refractivity contribution < 1.29 is 23.4 Å². The number of halogens is 1. The van der Waals surface area contributed by atoms with Gasteiger partial charge in [-0.05, 0) is 43.3 Å². The lowest BCUT2D eigenvalue weighted by atomic mass is 10.1. The molecular formula is C25H24FN3O4S. The maximum absolute atomic E-state index is 14.4. The fourth-order valence-corrected chi connectivity index (χ4v) is 4.02. The first-order valence-corrected chi connectivity index (χ1v) is 11.4. The number of carbonyl (C=O) groups is 1. The van der Waals surface area contributed by atoms with Gasteiger partial charge in [0.1, 0.15) is 35.0 Å². The number of ether oxygens (including phenoxy) is 3. The van der Waals surface area contributed by atoms with E-state index < -0.39 is 11.7 Å². The van der Waals surface area contributed by atoms with E-state index in [1.165, 1.54) is 12.1 Å². The largest absolute Gasteiger partial charge is 0.489 e. The minimum absolute atomic E-state index is 0.0313. The SMILES string of the molecule is COC[C@H](C)Oc1cc(OCc2ccc(C(N)=O)cc2F)cc(-c2ccc(-c3nccs3)[nH]2)c1. The zero-order valence-electron chi connectivity index (χ0n) is 18.7. The molecule has 1 amide bonds. The third-order valence-electron chi connectivity index (χ3n) is 5.01. The maximum atomic E-state index is 14.4. The third-order valence-corrected chi connectivity index (χ3v) is 5.82. The van der Waals surface area contributed by atoms with Gasteiger partial charge in [-0.1, -0.05) is 6.07 Å². The number of rotatable bonds is 10. The summed E-state index contributed by atoms with van der Waals surface area (Å²) in [6.45, 7) is 2.30. The molecule has 34 heavy (non-hydrogen) atoms. The van der Waals surface area contributed by atoms with Crippen LogP contribution in [0.3, 0.4) is 0 Å². The number of primary amides is 1. The highest BCUT2D eigenvalue weighted by Crippen LogP contribution is 2.32. The Hall–Kier alpha value is -3.69. The quantitative estimate of drug-likeness (QED) is 0.331. The predicted molar refractivity (Wildman–Crippen MR) is 129 cm³/mol. The van der Waals surface area contributed by atoms with Crippen molar-refractivity contribution in [3.05, 3.63) is 77.1 Å². The minimum atomic E-state index is -0.686. The van der Waals surface area contributed by atoms with Crippen LogP contribution in [-0.2, 0) is 11.3 Å². The lowest BCUT2D eigenvalue weighted by molar-refractivity contribution is 0.0918. The highest BCUT2D eigenvalue weighted by atomic mass is 32.1. The van der Waals surface area contributed by atoms with Crippen molar-refractivity contribution in [2.24, 2.45) is 5.73 Å². The molecule has 3 N–H and O–H groups in total. The van der Waals surface area contributed by atoms with Crippen LogP contribution in [0.25, 0.3) is 22.0 Å². The number of amides is 1. The van der Waals surface area contributed by atoms with Gasteiger partial charge in [0.05, 0.1) is 12.3 Å². The van der Waals surface area contributed by atoms with Crippen molar-refractivity contribution in [2.75, 3.05) is 13.7 Å². The normalized spacial score (nSPS) is 11.9. The molecule has 2 aromatic heterocycles. The topological polar surface area (TPSA) is 99.5 Å². The van der Waals surface area contributed by atoms with Gasteiger partial charge in [-0.2, -0.15) is 0 Å². The first-order valence-electron chi connectivity index (χ1n) is 10.5. The molecule has 176 valence electrons. The molecule has 0 unspecified atom stereocenters. The van der Waals surface area contributed by atoms with E-state index in [2.05, 4.69) is 9.97 Å². The molecule has 4 rings (SSSR count). The molecule has 4 aromatic rings. The molecule has 0 bridgehead atoms. The number of carbonyl (C=O) groups excluding carboxylic acids is 1. The number of aromatic amines is 1. The second-order valence-electron chi connectivity index (χ2n) is 7.66. The summed E-state index contributed by atoms with van der Waals surface area (Å²) in [5.41, 5.74) is 8.22. The third kappa shape index (κ3) is 5.62. The molecule has 2 aromatic carbocycles. The van der Waals surface area contributed by atoms with Gasteiger partial charge in [0, 0.05) is 47.1 Å². The van der Waals surface area contributed by atoms with Crippen LogP contribution in [0, 0.1) is 5.82 Å². The number of nitrogens with zero attached hydrogens (tertiary/aromatic N) is 1. The number of thiazole rings is 1. The Morgan fingerprint density at radius 1 is 1.15 bits per heavy atom. The smallest absolute Gasteiger partial charge is 0.248 e. The summed E-state index contributed by atoms with van der Waals surface area (Å²) >= 11 is 1.54. The maximum Gasteiger partial charge on any atom is 0.248 e. The number of hydrogen-bond donors (Lipinski definition) is 2. The second kappa shape index (κ2) is 10.5. The van der Waals surface area contributed by atoms with Gasteiger partial charge in [-0.3, -0.25) is 4.79 Å². The lowest BCUT2D eigenvalue weighted by Crippen LogP contribution is -2.18. The molecule has 0 fully saturated rings. The molecule has 2 heterocycles. The average molecular weight is 482 g/mol. The summed E-state index contributed by atoms with van der Waals surface area (Å²) in [6.07, 6.45) is 1.58. The molecule has 0 aliphatic carbocycles. The second-order valence-corrected chi connectivity index (χ2v) is 8.55. The van der Waals surface area contributed by atoms with E-state index in [1.54, 1.807) is 30.7 Å². The van der Waals surface area contributed by atoms with Crippen molar-refractivity contribution in [2.45, 2.75) is 19.6 Å². The Balaban J connectivity index is 1.60. The summed E-state index contributed by atoms with van der Waals surface area (Å²) < 4.78 is 31.5. The van der Waals surface area contributed by atoms with E-state index in [4.69, 9.17) is 19.9 Å². The Labute approximate surface area is 200 Å². The van der Waals surface area contributed by atoms with Gasteiger partial charge >= 0.3 is 0 Å². The number of methoxy groups -OCH3 is 1. The van der Waals surface area contributed by atoms with Crippen molar-refractivity contribution in [3.8, 4) is 33.5 Å². The molecule has 1 atom stereocenters. The summed E-state index contributed by atoms with van der Waals surface area (Å²) in [4.78, 5) is 19.0. The molecule has 9 heteroatoms. The van der Waals surface area contributed by atoms with Crippen LogP contribution in [0.15, 0.2) is 60.1 Å². The van der Waals surface area contributed by atoms with Crippen molar-refractivity contribution in [1.82, 2.24) is 9.97 Å². The molecular weight excluding hydrogens is 457 g/mol. The summed E-state index contributed by atoms with van der Waals surface area (Å²) in [6, 6.07) is 13.5. The summed E-state index contributed by atoms with van der Waals surface area (Å²) in [5.74, 6) is -0.155. The highest BCUT2D eigenvalue weighted by Gasteiger charge is 2.13.